The van der Waals surface area contributed by atoms with Crippen LogP contribution in [0.4, 0.5) is 0 Å². The Morgan fingerprint density at radius 3 is 0.708 bits per heavy atom. The largest absolute Gasteiger partial charge is 0.379 e. The summed E-state index contributed by atoms with van der Waals surface area (Å²) in [4.78, 5) is 0. The molecule has 0 aromatic heterocycles. The van der Waals surface area contributed by atoms with Crippen LogP contribution in [0.15, 0.2) is 0 Å². The molecule has 0 radical (unpaired) electrons. The van der Waals surface area contributed by atoms with Crippen molar-refractivity contribution in [3.63, 3.8) is 0 Å². The molecule has 0 bridgehead atoms. The van der Waals surface area contributed by atoms with Crippen molar-refractivity contribution in [1.29, 1.82) is 0 Å². The van der Waals surface area contributed by atoms with Gasteiger partial charge in [-0.05, 0) is 19.3 Å². The highest BCUT2D eigenvalue weighted by molar-refractivity contribution is 4.58. The van der Waals surface area contributed by atoms with Crippen molar-refractivity contribution in [1.82, 2.24) is 0 Å². The van der Waals surface area contributed by atoms with Crippen molar-refractivity contribution in [2.75, 3.05) is 33.0 Å². The van der Waals surface area contributed by atoms with Gasteiger partial charge in [0.2, 0.25) is 0 Å². The van der Waals surface area contributed by atoms with E-state index >= 15 is 0 Å². The lowest BCUT2D eigenvalue weighted by molar-refractivity contribution is -0.0616. The Balaban J connectivity index is 3.92. The van der Waals surface area contributed by atoms with Gasteiger partial charge in [-0.2, -0.15) is 0 Å². The molecule has 0 unspecified atom stereocenters. The molecule has 0 aliphatic heterocycles. The van der Waals surface area contributed by atoms with Crippen molar-refractivity contribution in [2.24, 2.45) is 0 Å². The normalized spacial score (nSPS) is 11.8. The molecule has 0 saturated heterocycles. The van der Waals surface area contributed by atoms with Crippen LogP contribution in [0.25, 0.3) is 0 Å². The molecular weight excluding hydrogens is 588 g/mol. The summed E-state index contributed by atoms with van der Waals surface area (Å²) in [6.45, 7) is 10.9. The second kappa shape index (κ2) is 44.9. The summed E-state index contributed by atoms with van der Waals surface area (Å²) in [7, 11) is 0. The second-order valence-corrected chi connectivity index (χ2v) is 15.3. The van der Waals surface area contributed by atoms with Crippen LogP contribution in [0.3, 0.4) is 0 Å². The summed E-state index contributed by atoms with van der Waals surface area (Å²) in [6, 6.07) is 0. The van der Waals surface area contributed by atoms with Crippen molar-refractivity contribution < 1.29 is 14.2 Å². The molecule has 0 aliphatic carbocycles. The molecule has 48 heavy (non-hydrogen) atoms. The first-order valence-electron chi connectivity index (χ1n) is 22.6. The van der Waals surface area contributed by atoms with Gasteiger partial charge in [0.1, 0.15) is 6.10 Å². The zero-order valence-electron chi connectivity index (χ0n) is 33.8. The quantitative estimate of drug-likeness (QED) is 0.0600. The minimum absolute atomic E-state index is 0.0901. The minimum Gasteiger partial charge on any atom is -0.379 e. The van der Waals surface area contributed by atoms with E-state index in [9.17, 15) is 0 Å². The molecule has 0 spiro atoms. The lowest BCUT2D eigenvalue weighted by Gasteiger charge is -2.18. The van der Waals surface area contributed by atoms with Gasteiger partial charge in [-0.25, -0.2) is 0 Å². The Labute approximate surface area is 304 Å². The Hall–Kier alpha value is -0.120. The summed E-state index contributed by atoms with van der Waals surface area (Å²) in [6.07, 6.45) is 49.9. The fourth-order valence-electron chi connectivity index (χ4n) is 6.86. The lowest BCUT2D eigenvalue weighted by atomic mass is 10.1. The van der Waals surface area contributed by atoms with Gasteiger partial charge in [-0.3, -0.25) is 0 Å². The second-order valence-electron chi connectivity index (χ2n) is 15.3. The first-order chi connectivity index (χ1) is 23.8. The average molecular weight is 681 g/mol. The van der Waals surface area contributed by atoms with E-state index < -0.39 is 0 Å². The van der Waals surface area contributed by atoms with Crippen molar-refractivity contribution in [2.45, 2.75) is 258 Å². The Morgan fingerprint density at radius 2 is 0.458 bits per heavy atom. The molecule has 0 heterocycles. The van der Waals surface area contributed by atoms with E-state index in [1.807, 2.05) is 0 Å². The lowest BCUT2D eigenvalue weighted by Crippen LogP contribution is -2.26. The maximum absolute atomic E-state index is 6.31. The minimum atomic E-state index is 0.0901. The molecule has 3 nitrogen and oxygen atoms in total. The SMILES string of the molecule is CCCCCCCCCCCCCCOCC(COCCCCCCCCCCCCCC)OCCCCCCCCCCCCCC. The predicted octanol–water partition coefficient (Wildman–Crippen LogP) is 15.5. The van der Waals surface area contributed by atoms with E-state index in [-0.39, 0.29) is 6.10 Å². The van der Waals surface area contributed by atoms with Gasteiger partial charge in [0.15, 0.2) is 0 Å². The summed E-state index contributed by atoms with van der Waals surface area (Å²) < 4.78 is 18.5. The van der Waals surface area contributed by atoms with Crippen LogP contribution in [0.1, 0.15) is 252 Å². The molecule has 0 aromatic rings. The number of rotatable bonds is 44. The molecule has 0 fully saturated rings. The highest BCUT2D eigenvalue weighted by Crippen LogP contribution is 2.15. The Kier molecular flexibility index (Phi) is 44.8. The molecule has 0 atom stereocenters. The molecular formula is C45H92O3. The molecule has 0 aliphatic rings. The molecule has 0 saturated carbocycles. The third kappa shape index (κ3) is 42.0. The third-order valence-corrected chi connectivity index (χ3v) is 10.2. The molecule has 3 heteroatoms. The van der Waals surface area contributed by atoms with Gasteiger partial charge in [0.05, 0.1) is 13.2 Å². The van der Waals surface area contributed by atoms with Gasteiger partial charge in [0.25, 0.3) is 0 Å². The van der Waals surface area contributed by atoms with Gasteiger partial charge < -0.3 is 14.2 Å². The van der Waals surface area contributed by atoms with Gasteiger partial charge in [0, 0.05) is 19.8 Å². The van der Waals surface area contributed by atoms with E-state index in [1.165, 1.54) is 231 Å². The molecule has 290 valence electrons. The van der Waals surface area contributed by atoms with Crippen molar-refractivity contribution in [3.8, 4) is 0 Å². The number of hydrogen-bond acceptors (Lipinski definition) is 3. The van der Waals surface area contributed by atoms with Crippen LogP contribution >= 0.6 is 0 Å². The van der Waals surface area contributed by atoms with Crippen molar-refractivity contribution in [3.05, 3.63) is 0 Å². The number of ether oxygens (including phenoxy) is 3. The van der Waals surface area contributed by atoms with E-state index in [1.54, 1.807) is 0 Å². The zero-order chi connectivity index (χ0) is 34.7. The summed E-state index contributed by atoms with van der Waals surface area (Å²) >= 11 is 0. The number of hydrogen-bond donors (Lipinski definition) is 0. The highest BCUT2D eigenvalue weighted by Gasteiger charge is 2.10. The summed E-state index contributed by atoms with van der Waals surface area (Å²) in [5.41, 5.74) is 0. The van der Waals surface area contributed by atoms with Gasteiger partial charge in [-0.1, -0.05) is 233 Å². The monoisotopic (exact) mass is 681 g/mol. The molecule has 0 amide bonds. The van der Waals surface area contributed by atoms with E-state index in [2.05, 4.69) is 20.8 Å². The van der Waals surface area contributed by atoms with Crippen LogP contribution in [-0.4, -0.2) is 39.1 Å². The Morgan fingerprint density at radius 1 is 0.250 bits per heavy atom. The predicted molar refractivity (Wildman–Crippen MR) is 215 cm³/mol. The standard InChI is InChI=1S/C45H92O3/c1-4-7-10-13-16-19-22-25-28-31-34-37-40-46-43-45(48-42-39-36-33-30-27-24-21-18-15-12-9-6-3)44-47-41-38-35-32-29-26-23-20-17-14-11-8-5-2/h45H,4-44H2,1-3H3. The van der Waals surface area contributed by atoms with Crippen LogP contribution in [0.2, 0.25) is 0 Å². The van der Waals surface area contributed by atoms with Crippen LogP contribution in [0, 0.1) is 0 Å². The van der Waals surface area contributed by atoms with Gasteiger partial charge >= 0.3 is 0 Å². The molecule has 0 N–H and O–H groups in total. The van der Waals surface area contributed by atoms with E-state index in [4.69, 9.17) is 14.2 Å². The average Bonchev–Trinajstić information content (AvgIpc) is 3.10. The Bertz CT molecular complexity index is 506. The molecule has 0 aromatic carbocycles. The van der Waals surface area contributed by atoms with E-state index in [0.29, 0.717) is 13.2 Å². The third-order valence-electron chi connectivity index (χ3n) is 10.2. The van der Waals surface area contributed by atoms with Crippen LogP contribution in [0.5, 0.6) is 0 Å². The van der Waals surface area contributed by atoms with E-state index in [0.717, 1.165) is 19.8 Å². The fourth-order valence-corrected chi connectivity index (χ4v) is 6.86. The maximum atomic E-state index is 6.31. The number of unbranched alkanes of at least 4 members (excludes halogenated alkanes) is 33. The zero-order valence-corrected chi connectivity index (χ0v) is 33.8. The maximum Gasteiger partial charge on any atom is 0.104 e. The molecule has 0 rings (SSSR count). The first kappa shape index (κ1) is 47.9. The van der Waals surface area contributed by atoms with Crippen LogP contribution < -0.4 is 0 Å². The van der Waals surface area contributed by atoms with Gasteiger partial charge in [-0.15, -0.1) is 0 Å². The summed E-state index contributed by atoms with van der Waals surface area (Å²) in [5, 5.41) is 0. The summed E-state index contributed by atoms with van der Waals surface area (Å²) in [5.74, 6) is 0. The van der Waals surface area contributed by atoms with Crippen molar-refractivity contribution >= 4 is 0 Å². The topological polar surface area (TPSA) is 27.7 Å². The highest BCUT2D eigenvalue weighted by atomic mass is 16.6. The van der Waals surface area contributed by atoms with Crippen LogP contribution in [-0.2, 0) is 14.2 Å². The first-order valence-corrected chi connectivity index (χ1v) is 22.6. The fraction of sp³-hybridized carbons (Fsp3) is 1.00. The smallest absolute Gasteiger partial charge is 0.104 e.